The Bertz CT molecular complexity index is 1520. The number of aromatic nitrogens is 4. The average Bonchev–Trinajstić information content (AvgIpc) is 3.38. The number of pyridine rings is 2. The van der Waals surface area contributed by atoms with Gasteiger partial charge in [0.2, 0.25) is 0 Å². The molecule has 0 saturated carbocycles. The highest BCUT2D eigenvalue weighted by Crippen LogP contribution is 2.38. The van der Waals surface area contributed by atoms with E-state index in [4.69, 9.17) is 15.1 Å². The van der Waals surface area contributed by atoms with Crippen LogP contribution in [0.4, 0.5) is 17.3 Å². The molecule has 0 aliphatic rings. The maximum absolute atomic E-state index is 5.10. The first-order chi connectivity index (χ1) is 17.7. The van der Waals surface area contributed by atoms with Gasteiger partial charge in [0.15, 0.2) is 5.82 Å². The van der Waals surface area contributed by atoms with Crippen molar-refractivity contribution in [2.75, 3.05) is 4.90 Å². The Labute approximate surface area is 219 Å². The number of benzene rings is 2. The minimum Gasteiger partial charge on any atom is -0.278 e. The van der Waals surface area contributed by atoms with Gasteiger partial charge in [-0.1, -0.05) is 80.9 Å². The van der Waals surface area contributed by atoms with Crippen LogP contribution in [0.3, 0.4) is 0 Å². The summed E-state index contributed by atoms with van der Waals surface area (Å²) in [5, 5.41) is 4.82. The number of nitrogens with zero attached hydrogens (tertiary/aromatic N) is 5. The number of hydrogen-bond acceptors (Lipinski definition) is 4. The van der Waals surface area contributed by atoms with Crippen LogP contribution in [0.5, 0.6) is 0 Å². The molecule has 0 N–H and O–H groups in total. The van der Waals surface area contributed by atoms with Gasteiger partial charge in [-0.25, -0.2) is 14.6 Å². The second-order valence-corrected chi connectivity index (χ2v) is 10.6. The maximum atomic E-state index is 5.10. The molecule has 0 aliphatic carbocycles. The number of aryl methyl sites for hydroxylation is 3. The molecule has 0 radical (unpaired) electrons. The van der Waals surface area contributed by atoms with Gasteiger partial charge in [0.05, 0.1) is 17.1 Å². The van der Waals surface area contributed by atoms with Gasteiger partial charge in [-0.3, -0.25) is 4.90 Å². The van der Waals surface area contributed by atoms with E-state index in [2.05, 4.69) is 82.8 Å². The van der Waals surface area contributed by atoms with Gasteiger partial charge >= 0.3 is 0 Å². The average molecular weight is 488 g/mol. The number of anilines is 3. The summed E-state index contributed by atoms with van der Waals surface area (Å²) in [6.07, 6.45) is 1.98. The third-order valence-electron chi connectivity index (χ3n) is 6.43. The quantitative estimate of drug-likeness (QED) is 0.252. The van der Waals surface area contributed by atoms with E-state index in [-0.39, 0.29) is 5.41 Å². The summed E-state index contributed by atoms with van der Waals surface area (Å²) in [5.41, 5.74) is 7.66. The van der Waals surface area contributed by atoms with E-state index in [1.165, 1.54) is 16.7 Å². The van der Waals surface area contributed by atoms with Gasteiger partial charge in [0.25, 0.3) is 0 Å². The van der Waals surface area contributed by atoms with E-state index < -0.39 is 0 Å². The molecule has 0 saturated heterocycles. The van der Waals surface area contributed by atoms with Crippen LogP contribution in [0.15, 0.2) is 91.1 Å². The van der Waals surface area contributed by atoms with Crippen LogP contribution >= 0.6 is 0 Å². The van der Waals surface area contributed by atoms with E-state index in [0.29, 0.717) is 0 Å². The molecule has 37 heavy (non-hydrogen) atoms. The van der Waals surface area contributed by atoms with E-state index in [9.17, 15) is 0 Å². The van der Waals surface area contributed by atoms with Crippen molar-refractivity contribution < 1.29 is 0 Å². The summed E-state index contributed by atoms with van der Waals surface area (Å²) < 4.78 is 1.85. The molecule has 5 rings (SSSR count). The van der Waals surface area contributed by atoms with Crippen LogP contribution in [0.1, 0.15) is 43.2 Å². The fourth-order valence-corrected chi connectivity index (χ4v) is 4.70. The monoisotopic (exact) mass is 487 g/mol. The lowest BCUT2D eigenvalue weighted by molar-refractivity contribution is 0.559. The van der Waals surface area contributed by atoms with Crippen LogP contribution < -0.4 is 4.90 Å². The van der Waals surface area contributed by atoms with E-state index in [1.54, 1.807) is 0 Å². The molecule has 3 heterocycles. The third-order valence-corrected chi connectivity index (χ3v) is 6.43. The molecule has 0 aliphatic heterocycles. The summed E-state index contributed by atoms with van der Waals surface area (Å²) in [5.74, 6) is 2.37. The summed E-state index contributed by atoms with van der Waals surface area (Å²) in [6.45, 7) is 12.9. The lowest BCUT2D eigenvalue weighted by atomic mass is 9.93. The number of rotatable bonds is 5. The predicted molar refractivity (Wildman–Crippen MR) is 152 cm³/mol. The Hall–Kier alpha value is -4.25. The zero-order valence-electron chi connectivity index (χ0n) is 22.4. The van der Waals surface area contributed by atoms with Crippen LogP contribution in [-0.2, 0) is 5.41 Å². The van der Waals surface area contributed by atoms with Gasteiger partial charge in [-0.15, -0.1) is 0 Å². The van der Waals surface area contributed by atoms with Gasteiger partial charge in [0, 0.05) is 17.2 Å². The van der Waals surface area contributed by atoms with Gasteiger partial charge in [0.1, 0.15) is 11.6 Å². The Kier molecular flexibility index (Phi) is 6.38. The minimum atomic E-state index is -0.0349. The highest BCUT2D eigenvalue weighted by molar-refractivity contribution is 5.78. The summed E-state index contributed by atoms with van der Waals surface area (Å²) in [4.78, 5) is 12.3. The lowest BCUT2D eigenvalue weighted by Crippen LogP contribution is -2.17. The molecular formula is C32H33N5. The van der Waals surface area contributed by atoms with Crippen LogP contribution in [0.2, 0.25) is 0 Å². The standard InChI is InChI=1S/C32H33N5/c1-22-20-23(2)31(24(3)21-22)37(29-16-10-14-26(33-29)25-12-8-7-9-13-25)30-17-11-15-28(34-30)36-19-18-27(35-36)32(4,5)6/h7-21H,1-6H3. The van der Waals surface area contributed by atoms with Gasteiger partial charge in [-0.05, 0) is 62.2 Å². The fraction of sp³-hybridized carbons (Fsp3) is 0.219. The summed E-state index contributed by atoms with van der Waals surface area (Å²) >= 11 is 0. The normalized spacial score (nSPS) is 11.5. The molecule has 0 amide bonds. The Morgan fingerprint density at radius 1 is 0.703 bits per heavy atom. The molecule has 0 fully saturated rings. The van der Waals surface area contributed by atoms with Crippen LogP contribution in [-0.4, -0.2) is 19.7 Å². The van der Waals surface area contributed by atoms with Crippen molar-refractivity contribution >= 4 is 17.3 Å². The fourth-order valence-electron chi connectivity index (χ4n) is 4.70. The molecule has 0 unspecified atom stereocenters. The summed E-state index contributed by atoms with van der Waals surface area (Å²) in [6, 6.07) is 29.0. The SMILES string of the molecule is Cc1cc(C)c(N(c2cccc(-c3ccccc3)n2)c2cccc(-n3ccc(C(C)(C)C)n3)n2)c(C)c1. The zero-order valence-corrected chi connectivity index (χ0v) is 22.4. The number of hydrogen-bond donors (Lipinski definition) is 0. The molecule has 5 aromatic rings. The van der Waals surface area contributed by atoms with E-state index >= 15 is 0 Å². The largest absolute Gasteiger partial charge is 0.278 e. The molecule has 0 bridgehead atoms. The highest BCUT2D eigenvalue weighted by Gasteiger charge is 2.22. The third kappa shape index (κ3) is 5.03. The van der Waals surface area contributed by atoms with Crippen molar-refractivity contribution in [2.45, 2.75) is 47.0 Å². The molecule has 5 heteroatoms. The topological polar surface area (TPSA) is 46.8 Å². The molecule has 0 atom stereocenters. The predicted octanol–water partition coefficient (Wildman–Crippen LogP) is 8.02. The van der Waals surface area contributed by atoms with Crippen molar-refractivity contribution in [3.8, 4) is 17.1 Å². The van der Waals surface area contributed by atoms with Gasteiger partial charge in [-0.2, -0.15) is 5.10 Å². The van der Waals surface area contributed by atoms with Crippen molar-refractivity contribution in [1.82, 2.24) is 19.7 Å². The minimum absolute atomic E-state index is 0.0349. The molecule has 186 valence electrons. The second kappa shape index (κ2) is 9.66. The Morgan fingerprint density at radius 2 is 1.35 bits per heavy atom. The zero-order chi connectivity index (χ0) is 26.2. The second-order valence-electron chi connectivity index (χ2n) is 10.6. The van der Waals surface area contributed by atoms with Crippen molar-refractivity contribution in [2.24, 2.45) is 0 Å². The highest BCUT2D eigenvalue weighted by atomic mass is 15.3. The maximum Gasteiger partial charge on any atom is 0.155 e. The smallest absolute Gasteiger partial charge is 0.155 e. The van der Waals surface area contributed by atoms with Gasteiger partial charge < -0.3 is 0 Å². The molecule has 0 spiro atoms. The van der Waals surface area contributed by atoms with Crippen molar-refractivity contribution in [3.63, 3.8) is 0 Å². The first-order valence-corrected chi connectivity index (χ1v) is 12.6. The van der Waals surface area contributed by atoms with E-state index in [0.717, 1.165) is 40.1 Å². The first-order valence-electron chi connectivity index (χ1n) is 12.6. The van der Waals surface area contributed by atoms with Crippen molar-refractivity contribution in [1.29, 1.82) is 0 Å². The first kappa shape index (κ1) is 24.4. The summed E-state index contributed by atoms with van der Waals surface area (Å²) in [7, 11) is 0. The lowest BCUT2D eigenvalue weighted by Gasteiger charge is -2.27. The van der Waals surface area contributed by atoms with Crippen LogP contribution in [0, 0.1) is 20.8 Å². The van der Waals surface area contributed by atoms with Crippen LogP contribution in [0.25, 0.3) is 17.1 Å². The molecule has 3 aromatic heterocycles. The van der Waals surface area contributed by atoms with Crippen molar-refractivity contribution in [3.05, 3.63) is 114 Å². The molecular weight excluding hydrogens is 454 g/mol. The Balaban J connectivity index is 1.67. The van der Waals surface area contributed by atoms with E-state index in [1.807, 2.05) is 59.4 Å². The molecule has 2 aromatic carbocycles. The Morgan fingerprint density at radius 3 is 2.00 bits per heavy atom. The molecule has 5 nitrogen and oxygen atoms in total.